The summed E-state index contributed by atoms with van der Waals surface area (Å²) in [4.78, 5) is 12.1. The van der Waals surface area contributed by atoms with Gasteiger partial charge in [-0.2, -0.15) is 0 Å². The first-order chi connectivity index (χ1) is 7.72. The van der Waals surface area contributed by atoms with Gasteiger partial charge in [-0.05, 0) is 24.3 Å². The molecule has 1 atom stereocenters. The van der Waals surface area contributed by atoms with E-state index in [9.17, 15) is 4.79 Å². The molecule has 0 aromatic heterocycles. The van der Waals surface area contributed by atoms with Gasteiger partial charge in [-0.1, -0.05) is 41.5 Å². The van der Waals surface area contributed by atoms with E-state index >= 15 is 0 Å². The average Bonchev–Trinajstić information content (AvgIpc) is 2.22. The van der Waals surface area contributed by atoms with Crippen molar-refractivity contribution in [2.45, 2.75) is 41.5 Å². The van der Waals surface area contributed by atoms with Crippen molar-refractivity contribution in [3.8, 4) is 0 Å². The predicted octanol–water partition coefficient (Wildman–Crippen LogP) is 2.28. The van der Waals surface area contributed by atoms with Crippen LogP contribution in [0.25, 0.3) is 0 Å². The van der Waals surface area contributed by atoms with Gasteiger partial charge in [0.1, 0.15) is 0 Å². The molecule has 0 bridgehead atoms. The Hall–Kier alpha value is -0.570. The molecule has 3 nitrogen and oxygen atoms in total. The van der Waals surface area contributed by atoms with Crippen LogP contribution in [0.15, 0.2) is 0 Å². The van der Waals surface area contributed by atoms with Crippen LogP contribution in [0.5, 0.6) is 0 Å². The maximum atomic E-state index is 12.1. The minimum absolute atomic E-state index is 0.0583. The molecule has 0 aliphatic heterocycles. The van der Waals surface area contributed by atoms with Gasteiger partial charge in [-0.3, -0.25) is 4.79 Å². The third-order valence-electron chi connectivity index (χ3n) is 3.85. The van der Waals surface area contributed by atoms with Gasteiger partial charge in [-0.15, -0.1) is 0 Å². The third-order valence-corrected chi connectivity index (χ3v) is 3.85. The van der Waals surface area contributed by atoms with Crippen LogP contribution in [-0.4, -0.2) is 26.0 Å². The van der Waals surface area contributed by atoms with Gasteiger partial charge in [0.25, 0.3) is 0 Å². The van der Waals surface area contributed by atoms with E-state index < -0.39 is 0 Å². The van der Waals surface area contributed by atoms with E-state index in [0.29, 0.717) is 11.8 Å². The Bertz CT molecular complexity index is 234. The van der Waals surface area contributed by atoms with E-state index in [0.717, 1.165) is 13.1 Å². The van der Waals surface area contributed by atoms with Crippen molar-refractivity contribution in [2.75, 3.05) is 20.1 Å². The van der Waals surface area contributed by atoms with Crippen LogP contribution < -0.4 is 10.6 Å². The van der Waals surface area contributed by atoms with Gasteiger partial charge in [-0.25, -0.2) is 0 Å². The van der Waals surface area contributed by atoms with Gasteiger partial charge in [0.15, 0.2) is 0 Å². The molecule has 0 aliphatic carbocycles. The summed E-state index contributed by atoms with van der Waals surface area (Å²) in [5.74, 6) is 1.15. The minimum atomic E-state index is 0.0583. The first-order valence-electron chi connectivity index (χ1n) is 6.64. The largest absolute Gasteiger partial charge is 0.355 e. The Morgan fingerprint density at radius 3 is 2.06 bits per heavy atom. The minimum Gasteiger partial charge on any atom is -0.355 e. The number of carbonyl (C=O) groups excluding carboxylic acids is 1. The fraction of sp³-hybridized carbons (Fsp3) is 0.929. The summed E-state index contributed by atoms with van der Waals surface area (Å²) in [6.45, 7) is 14.5. The van der Waals surface area contributed by atoms with Crippen LogP contribution in [0.3, 0.4) is 0 Å². The summed E-state index contributed by atoms with van der Waals surface area (Å²) in [6, 6.07) is 0. The summed E-state index contributed by atoms with van der Waals surface area (Å²) in [6.07, 6.45) is 0. The first-order valence-corrected chi connectivity index (χ1v) is 6.64. The van der Waals surface area contributed by atoms with Crippen molar-refractivity contribution in [1.82, 2.24) is 10.6 Å². The molecule has 0 saturated heterocycles. The van der Waals surface area contributed by atoms with Crippen LogP contribution in [0.1, 0.15) is 41.5 Å². The topological polar surface area (TPSA) is 41.1 Å². The van der Waals surface area contributed by atoms with E-state index in [1.54, 1.807) is 0 Å². The molecule has 0 spiro atoms. The van der Waals surface area contributed by atoms with E-state index in [1.165, 1.54) is 0 Å². The standard InChI is InChI=1S/C14H30N2O/c1-10(2)12(8-15-7)13(17)16-9-14(5,6)11(3)4/h10-12,15H,8-9H2,1-7H3,(H,16,17). The Labute approximate surface area is 107 Å². The van der Waals surface area contributed by atoms with E-state index in [-0.39, 0.29) is 17.2 Å². The Morgan fingerprint density at radius 1 is 1.18 bits per heavy atom. The van der Waals surface area contributed by atoms with Crippen molar-refractivity contribution < 1.29 is 4.79 Å². The van der Waals surface area contributed by atoms with Crippen molar-refractivity contribution in [3.63, 3.8) is 0 Å². The number of rotatable bonds is 7. The SMILES string of the molecule is CNCC(C(=O)NCC(C)(C)C(C)C)C(C)C. The van der Waals surface area contributed by atoms with Gasteiger partial charge < -0.3 is 10.6 Å². The molecule has 0 aliphatic rings. The normalized spacial score (nSPS) is 14.2. The Balaban J connectivity index is 4.33. The zero-order chi connectivity index (χ0) is 13.6. The second kappa shape index (κ2) is 7.00. The highest BCUT2D eigenvalue weighted by Gasteiger charge is 2.26. The molecule has 17 heavy (non-hydrogen) atoms. The van der Waals surface area contributed by atoms with E-state index in [4.69, 9.17) is 0 Å². The fourth-order valence-corrected chi connectivity index (χ4v) is 1.50. The van der Waals surface area contributed by atoms with Crippen molar-refractivity contribution in [2.24, 2.45) is 23.2 Å². The number of carbonyl (C=O) groups is 1. The number of amides is 1. The Morgan fingerprint density at radius 2 is 1.71 bits per heavy atom. The highest BCUT2D eigenvalue weighted by molar-refractivity contribution is 5.79. The lowest BCUT2D eigenvalue weighted by atomic mass is 9.81. The zero-order valence-corrected chi connectivity index (χ0v) is 12.6. The van der Waals surface area contributed by atoms with Crippen molar-refractivity contribution in [1.29, 1.82) is 0 Å². The summed E-state index contributed by atoms with van der Waals surface area (Å²) in [5.41, 5.74) is 0.150. The maximum Gasteiger partial charge on any atom is 0.224 e. The predicted molar refractivity (Wildman–Crippen MR) is 73.9 cm³/mol. The monoisotopic (exact) mass is 242 g/mol. The van der Waals surface area contributed by atoms with Crippen molar-refractivity contribution >= 4 is 5.91 Å². The quantitative estimate of drug-likeness (QED) is 0.719. The van der Waals surface area contributed by atoms with E-state index in [2.05, 4.69) is 52.2 Å². The molecule has 102 valence electrons. The molecular weight excluding hydrogens is 212 g/mol. The van der Waals surface area contributed by atoms with Crippen LogP contribution in [0.2, 0.25) is 0 Å². The van der Waals surface area contributed by atoms with Gasteiger partial charge in [0, 0.05) is 13.1 Å². The third kappa shape index (κ3) is 5.53. The highest BCUT2D eigenvalue weighted by atomic mass is 16.1. The molecule has 0 radical (unpaired) electrons. The maximum absolute atomic E-state index is 12.1. The van der Waals surface area contributed by atoms with Gasteiger partial charge in [0.2, 0.25) is 5.91 Å². The van der Waals surface area contributed by atoms with Gasteiger partial charge >= 0.3 is 0 Å². The van der Waals surface area contributed by atoms with Crippen LogP contribution in [0.4, 0.5) is 0 Å². The van der Waals surface area contributed by atoms with Gasteiger partial charge in [0.05, 0.1) is 5.92 Å². The van der Waals surface area contributed by atoms with Crippen molar-refractivity contribution in [3.05, 3.63) is 0 Å². The van der Waals surface area contributed by atoms with Crippen LogP contribution >= 0.6 is 0 Å². The lowest BCUT2D eigenvalue weighted by Crippen LogP contribution is -2.43. The van der Waals surface area contributed by atoms with Crippen LogP contribution in [0, 0.1) is 23.2 Å². The lowest BCUT2D eigenvalue weighted by Gasteiger charge is -2.30. The Kier molecular flexibility index (Phi) is 6.76. The summed E-state index contributed by atoms with van der Waals surface area (Å²) in [5, 5.41) is 6.18. The number of hydrogen-bond acceptors (Lipinski definition) is 2. The summed E-state index contributed by atoms with van der Waals surface area (Å²) >= 11 is 0. The lowest BCUT2D eigenvalue weighted by molar-refractivity contribution is -0.126. The molecule has 0 heterocycles. The second-order valence-electron chi connectivity index (χ2n) is 6.27. The second-order valence-corrected chi connectivity index (χ2v) is 6.27. The smallest absolute Gasteiger partial charge is 0.224 e. The molecular formula is C14H30N2O. The molecule has 2 N–H and O–H groups in total. The summed E-state index contributed by atoms with van der Waals surface area (Å²) in [7, 11) is 1.89. The number of nitrogens with one attached hydrogen (secondary N) is 2. The molecule has 0 saturated carbocycles. The zero-order valence-electron chi connectivity index (χ0n) is 12.6. The average molecular weight is 242 g/mol. The molecule has 0 aromatic rings. The molecule has 1 unspecified atom stereocenters. The first kappa shape index (κ1) is 16.4. The number of hydrogen-bond donors (Lipinski definition) is 2. The molecule has 0 fully saturated rings. The van der Waals surface area contributed by atoms with E-state index in [1.807, 2.05) is 7.05 Å². The molecule has 1 amide bonds. The van der Waals surface area contributed by atoms with Crippen LogP contribution in [-0.2, 0) is 4.79 Å². The fourth-order valence-electron chi connectivity index (χ4n) is 1.50. The molecule has 3 heteroatoms. The molecule has 0 rings (SSSR count). The molecule has 0 aromatic carbocycles. The highest BCUT2D eigenvalue weighted by Crippen LogP contribution is 2.24. The summed E-state index contributed by atoms with van der Waals surface area (Å²) < 4.78 is 0.